The normalized spacial score (nSPS) is 16.5. The predicted octanol–water partition coefficient (Wildman–Crippen LogP) is 0.266. The highest BCUT2D eigenvalue weighted by Gasteiger charge is 2.21. The average molecular weight is 209 g/mol. The van der Waals surface area contributed by atoms with E-state index in [2.05, 4.69) is 10.3 Å². The summed E-state index contributed by atoms with van der Waals surface area (Å²) in [6.45, 7) is 2.71. The Morgan fingerprint density at radius 2 is 2.20 bits per heavy atom. The van der Waals surface area contributed by atoms with Gasteiger partial charge in [-0.3, -0.25) is 4.79 Å². The van der Waals surface area contributed by atoms with Gasteiger partial charge in [-0.05, 0) is 12.1 Å². The van der Waals surface area contributed by atoms with Crippen molar-refractivity contribution in [3.63, 3.8) is 0 Å². The predicted molar refractivity (Wildman–Crippen MR) is 53.0 cm³/mol. The SMILES string of the molecule is O=C(c1ncccc1F)N1CCNCC1. The van der Waals surface area contributed by atoms with Crippen LogP contribution in [0.1, 0.15) is 10.5 Å². The number of rotatable bonds is 1. The smallest absolute Gasteiger partial charge is 0.275 e. The first kappa shape index (κ1) is 10.0. The summed E-state index contributed by atoms with van der Waals surface area (Å²) in [4.78, 5) is 17.2. The van der Waals surface area contributed by atoms with Crippen molar-refractivity contribution in [2.45, 2.75) is 0 Å². The van der Waals surface area contributed by atoms with Crippen LogP contribution >= 0.6 is 0 Å². The van der Waals surface area contributed by atoms with E-state index in [1.165, 1.54) is 18.3 Å². The number of pyridine rings is 1. The molecule has 1 N–H and O–H groups in total. The van der Waals surface area contributed by atoms with E-state index in [1.54, 1.807) is 4.90 Å². The summed E-state index contributed by atoms with van der Waals surface area (Å²) in [6.07, 6.45) is 1.43. The molecule has 1 aromatic rings. The number of hydrogen-bond donors (Lipinski definition) is 1. The summed E-state index contributed by atoms with van der Waals surface area (Å²) in [5.41, 5.74) is -0.0839. The molecule has 0 spiro atoms. The van der Waals surface area contributed by atoms with Crippen LogP contribution in [0.3, 0.4) is 0 Å². The molecular weight excluding hydrogens is 197 g/mol. The number of carbonyl (C=O) groups is 1. The first-order chi connectivity index (χ1) is 7.29. The second kappa shape index (κ2) is 4.35. The Kier molecular flexibility index (Phi) is 2.91. The van der Waals surface area contributed by atoms with Crippen LogP contribution in [-0.2, 0) is 0 Å². The van der Waals surface area contributed by atoms with E-state index in [-0.39, 0.29) is 11.6 Å². The van der Waals surface area contributed by atoms with E-state index in [4.69, 9.17) is 0 Å². The van der Waals surface area contributed by atoms with Crippen LogP contribution in [0.15, 0.2) is 18.3 Å². The molecule has 0 bridgehead atoms. The number of carbonyl (C=O) groups excluding carboxylic acids is 1. The molecule has 80 valence electrons. The number of aromatic nitrogens is 1. The van der Waals surface area contributed by atoms with Crippen LogP contribution in [0.4, 0.5) is 4.39 Å². The third-order valence-corrected chi connectivity index (χ3v) is 2.37. The lowest BCUT2D eigenvalue weighted by Crippen LogP contribution is -2.46. The van der Waals surface area contributed by atoms with Gasteiger partial charge in [0, 0.05) is 32.4 Å². The third kappa shape index (κ3) is 2.12. The molecular formula is C10H12FN3O. The van der Waals surface area contributed by atoms with Crippen molar-refractivity contribution in [3.8, 4) is 0 Å². The van der Waals surface area contributed by atoms with Crippen LogP contribution in [0.2, 0.25) is 0 Å². The lowest BCUT2D eigenvalue weighted by Gasteiger charge is -2.27. The average Bonchev–Trinajstić information content (AvgIpc) is 2.30. The van der Waals surface area contributed by atoms with Gasteiger partial charge in [-0.1, -0.05) is 0 Å². The molecule has 2 heterocycles. The van der Waals surface area contributed by atoms with Gasteiger partial charge in [0.15, 0.2) is 11.5 Å². The number of halogens is 1. The fourth-order valence-electron chi connectivity index (χ4n) is 1.56. The Hall–Kier alpha value is -1.49. The maximum atomic E-state index is 13.3. The molecule has 5 heteroatoms. The second-order valence-electron chi connectivity index (χ2n) is 3.38. The highest BCUT2D eigenvalue weighted by atomic mass is 19.1. The Morgan fingerprint density at radius 3 is 2.87 bits per heavy atom. The molecule has 1 aliphatic rings. The zero-order chi connectivity index (χ0) is 10.7. The van der Waals surface area contributed by atoms with E-state index in [0.717, 1.165) is 13.1 Å². The minimum absolute atomic E-state index is 0.0839. The van der Waals surface area contributed by atoms with Crippen molar-refractivity contribution in [1.29, 1.82) is 0 Å². The van der Waals surface area contributed by atoms with Crippen molar-refractivity contribution in [2.75, 3.05) is 26.2 Å². The van der Waals surface area contributed by atoms with Crippen molar-refractivity contribution < 1.29 is 9.18 Å². The maximum Gasteiger partial charge on any atom is 0.275 e. The van der Waals surface area contributed by atoms with E-state index >= 15 is 0 Å². The van der Waals surface area contributed by atoms with Crippen LogP contribution in [0.25, 0.3) is 0 Å². The van der Waals surface area contributed by atoms with Gasteiger partial charge in [-0.2, -0.15) is 0 Å². The molecule has 4 nitrogen and oxygen atoms in total. The molecule has 1 aliphatic heterocycles. The summed E-state index contributed by atoms with van der Waals surface area (Å²) in [5, 5.41) is 3.13. The van der Waals surface area contributed by atoms with Crippen LogP contribution in [-0.4, -0.2) is 42.0 Å². The number of nitrogens with one attached hydrogen (secondary N) is 1. The fraction of sp³-hybridized carbons (Fsp3) is 0.400. The number of amides is 1. The van der Waals surface area contributed by atoms with Gasteiger partial charge in [-0.15, -0.1) is 0 Å². The minimum Gasteiger partial charge on any atom is -0.335 e. The maximum absolute atomic E-state index is 13.3. The van der Waals surface area contributed by atoms with Gasteiger partial charge < -0.3 is 10.2 Å². The van der Waals surface area contributed by atoms with Gasteiger partial charge >= 0.3 is 0 Å². The molecule has 0 radical (unpaired) electrons. The van der Waals surface area contributed by atoms with Crippen molar-refractivity contribution in [2.24, 2.45) is 0 Å². The Balaban J connectivity index is 2.16. The van der Waals surface area contributed by atoms with Crippen molar-refractivity contribution >= 4 is 5.91 Å². The number of piperazine rings is 1. The summed E-state index contributed by atoms with van der Waals surface area (Å²) >= 11 is 0. The standard InChI is InChI=1S/C10H12FN3O/c11-8-2-1-3-13-9(8)10(15)14-6-4-12-5-7-14/h1-3,12H,4-7H2. The summed E-state index contributed by atoms with van der Waals surface area (Å²) in [7, 11) is 0. The Bertz CT molecular complexity index is 363. The summed E-state index contributed by atoms with van der Waals surface area (Å²) in [6, 6.07) is 2.73. The van der Waals surface area contributed by atoms with E-state index in [9.17, 15) is 9.18 Å². The molecule has 1 fully saturated rings. The molecule has 0 aromatic carbocycles. The van der Waals surface area contributed by atoms with Gasteiger partial charge in [0.2, 0.25) is 0 Å². The summed E-state index contributed by atoms with van der Waals surface area (Å²) in [5.74, 6) is -0.879. The first-order valence-corrected chi connectivity index (χ1v) is 4.89. The highest BCUT2D eigenvalue weighted by Crippen LogP contribution is 2.07. The zero-order valence-electron chi connectivity index (χ0n) is 8.24. The third-order valence-electron chi connectivity index (χ3n) is 2.37. The monoisotopic (exact) mass is 209 g/mol. The number of nitrogens with zero attached hydrogens (tertiary/aromatic N) is 2. The molecule has 0 saturated carbocycles. The van der Waals surface area contributed by atoms with Gasteiger partial charge in [0.05, 0.1) is 0 Å². The molecule has 0 atom stereocenters. The Labute approximate surface area is 87.1 Å². The van der Waals surface area contributed by atoms with Gasteiger partial charge in [-0.25, -0.2) is 9.37 Å². The molecule has 15 heavy (non-hydrogen) atoms. The minimum atomic E-state index is -0.555. The lowest BCUT2D eigenvalue weighted by atomic mass is 10.2. The van der Waals surface area contributed by atoms with Crippen molar-refractivity contribution in [3.05, 3.63) is 29.8 Å². The van der Waals surface area contributed by atoms with E-state index < -0.39 is 5.82 Å². The number of hydrogen-bond acceptors (Lipinski definition) is 3. The van der Waals surface area contributed by atoms with E-state index in [0.29, 0.717) is 13.1 Å². The molecule has 0 aliphatic carbocycles. The fourth-order valence-corrected chi connectivity index (χ4v) is 1.56. The largest absolute Gasteiger partial charge is 0.335 e. The topological polar surface area (TPSA) is 45.2 Å². The molecule has 0 unspecified atom stereocenters. The molecule has 2 rings (SSSR count). The van der Waals surface area contributed by atoms with Crippen LogP contribution < -0.4 is 5.32 Å². The molecule has 1 amide bonds. The molecule has 1 saturated heterocycles. The highest BCUT2D eigenvalue weighted by molar-refractivity contribution is 5.92. The zero-order valence-corrected chi connectivity index (χ0v) is 8.24. The van der Waals surface area contributed by atoms with Gasteiger partial charge in [0.25, 0.3) is 5.91 Å². The second-order valence-corrected chi connectivity index (χ2v) is 3.38. The molecule has 1 aromatic heterocycles. The quantitative estimate of drug-likeness (QED) is 0.722. The van der Waals surface area contributed by atoms with Crippen LogP contribution in [0, 0.1) is 5.82 Å². The van der Waals surface area contributed by atoms with Gasteiger partial charge in [0.1, 0.15) is 0 Å². The van der Waals surface area contributed by atoms with Crippen molar-refractivity contribution in [1.82, 2.24) is 15.2 Å². The first-order valence-electron chi connectivity index (χ1n) is 4.89. The summed E-state index contributed by atoms with van der Waals surface area (Å²) < 4.78 is 13.3. The van der Waals surface area contributed by atoms with Crippen LogP contribution in [0.5, 0.6) is 0 Å². The van der Waals surface area contributed by atoms with E-state index in [1.807, 2.05) is 0 Å². The Morgan fingerprint density at radius 1 is 1.47 bits per heavy atom. The lowest BCUT2D eigenvalue weighted by molar-refractivity contribution is 0.0724.